The Balaban J connectivity index is 2.09. The van der Waals surface area contributed by atoms with Crippen molar-refractivity contribution in [1.29, 1.82) is 0 Å². The monoisotopic (exact) mass is 376 g/mol. The number of hydrogen-bond acceptors (Lipinski definition) is 3. The van der Waals surface area contributed by atoms with Crippen LogP contribution in [0.15, 0.2) is 0 Å². The molecule has 0 atom stereocenters. The molecule has 0 aliphatic carbocycles. The van der Waals surface area contributed by atoms with Gasteiger partial charge in [0.2, 0.25) is 5.91 Å². The Morgan fingerprint density at radius 1 is 1.15 bits per heavy atom. The van der Waals surface area contributed by atoms with Crippen LogP contribution in [0.3, 0.4) is 0 Å². The van der Waals surface area contributed by atoms with Gasteiger partial charge in [0, 0.05) is 51.0 Å². The predicted octanol–water partition coefficient (Wildman–Crippen LogP) is 2.12. The third-order valence-electron chi connectivity index (χ3n) is 5.87. The van der Waals surface area contributed by atoms with E-state index in [1.165, 1.54) is 0 Å². The normalized spacial score (nSPS) is 15.4. The molecule has 2 heterocycles. The first-order valence-electron chi connectivity index (χ1n) is 10.1. The minimum Gasteiger partial charge on any atom is -0.355 e. The maximum atomic E-state index is 13.2. The second-order valence-electron chi connectivity index (χ2n) is 8.21. The van der Waals surface area contributed by atoms with E-state index >= 15 is 0 Å². The van der Waals surface area contributed by atoms with E-state index in [1.54, 1.807) is 0 Å². The van der Waals surface area contributed by atoms with Crippen LogP contribution in [-0.4, -0.2) is 66.5 Å². The van der Waals surface area contributed by atoms with Crippen LogP contribution < -0.4 is 5.32 Å². The summed E-state index contributed by atoms with van der Waals surface area (Å²) in [5.74, 6) is 0.868. The van der Waals surface area contributed by atoms with Crippen LogP contribution in [0, 0.1) is 19.8 Å². The van der Waals surface area contributed by atoms with Gasteiger partial charge in [-0.05, 0) is 58.7 Å². The average molecular weight is 377 g/mol. The van der Waals surface area contributed by atoms with Gasteiger partial charge >= 0.3 is 0 Å². The molecule has 1 saturated heterocycles. The minimum atomic E-state index is 0.0444. The summed E-state index contributed by atoms with van der Waals surface area (Å²) in [5.41, 5.74) is 3.92. The lowest BCUT2D eigenvalue weighted by Gasteiger charge is -2.30. The van der Waals surface area contributed by atoms with Crippen molar-refractivity contribution in [3.63, 3.8) is 0 Å². The van der Waals surface area contributed by atoms with Crippen LogP contribution in [-0.2, 0) is 18.3 Å². The molecular formula is C21H36N4O2. The standard InChI is InChI=1S/C21H36N4O2/c1-15-9-12-25(13-10-15)21(27)20-17(3)24(6)16(2)18(20)7-8-19(26)22-11-14-23(4)5/h15H,7-14H2,1-6H3,(H,22,26). The van der Waals surface area contributed by atoms with Gasteiger partial charge in [-0.15, -0.1) is 0 Å². The van der Waals surface area contributed by atoms with Gasteiger partial charge in [-0.2, -0.15) is 0 Å². The van der Waals surface area contributed by atoms with Crippen molar-refractivity contribution in [3.05, 3.63) is 22.5 Å². The molecule has 152 valence electrons. The number of nitrogens with one attached hydrogen (secondary N) is 1. The van der Waals surface area contributed by atoms with Crippen molar-refractivity contribution in [2.24, 2.45) is 13.0 Å². The molecule has 6 nitrogen and oxygen atoms in total. The Morgan fingerprint density at radius 2 is 1.78 bits per heavy atom. The van der Waals surface area contributed by atoms with Crippen LogP contribution in [0.4, 0.5) is 0 Å². The van der Waals surface area contributed by atoms with Gasteiger partial charge in [0.05, 0.1) is 5.56 Å². The number of amides is 2. The highest BCUT2D eigenvalue weighted by atomic mass is 16.2. The molecule has 1 aromatic rings. The van der Waals surface area contributed by atoms with Crippen molar-refractivity contribution in [1.82, 2.24) is 19.7 Å². The summed E-state index contributed by atoms with van der Waals surface area (Å²) < 4.78 is 2.08. The first kappa shape index (κ1) is 21.5. The first-order valence-corrected chi connectivity index (χ1v) is 10.1. The molecule has 27 heavy (non-hydrogen) atoms. The summed E-state index contributed by atoms with van der Waals surface area (Å²) in [5, 5.41) is 2.96. The van der Waals surface area contributed by atoms with Crippen LogP contribution in [0.2, 0.25) is 0 Å². The van der Waals surface area contributed by atoms with Gasteiger partial charge in [-0.1, -0.05) is 6.92 Å². The third kappa shape index (κ3) is 5.34. The van der Waals surface area contributed by atoms with Crippen molar-refractivity contribution in [2.45, 2.75) is 46.5 Å². The van der Waals surface area contributed by atoms with Crippen molar-refractivity contribution >= 4 is 11.8 Å². The Bertz CT molecular complexity index is 670. The van der Waals surface area contributed by atoms with Crippen molar-refractivity contribution in [2.75, 3.05) is 40.3 Å². The second kappa shape index (κ2) is 9.40. The molecule has 1 aromatic heterocycles. The quantitative estimate of drug-likeness (QED) is 0.793. The smallest absolute Gasteiger partial charge is 0.255 e. The summed E-state index contributed by atoms with van der Waals surface area (Å²) >= 11 is 0. The molecule has 0 unspecified atom stereocenters. The number of rotatable bonds is 7. The summed E-state index contributed by atoms with van der Waals surface area (Å²) in [6.45, 7) is 9.44. The number of likely N-dealkylation sites (N-methyl/N-ethyl adjacent to an activating group) is 1. The maximum absolute atomic E-state index is 13.2. The lowest BCUT2D eigenvalue weighted by molar-refractivity contribution is -0.121. The van der Waals surface area contributed by atoms with Crippen molar-refractivity contribution < 1.29 is 9.59 Å². The zero-order chi connectivity index (χ0) is 20.1. The third-order valence-corrected chi connectivity index (χ3v) is 5.87. The molecule has 1 fully saturated rings. The fourth-order valence-corrected chi connectivity index (χ4v) is 3.73. The highest BCUT2D eigenvalue weighted by Crippen LogP contribution is 2.26. The van der Waals surface area contributed by atoms with Gasteiger partial charge in [0.25, 0.3) is 5.91 Å². The van der Waals surface area contributed by atoms with Gasteiger partial charge in [0.1, 0.15) is 0 Å². The highest BCUT2D eigenvalue weighted by molar-refractivity contribution is 5.97. The number of aromatic nitrogens is 1. The molecule has 1 aliphatic heterocycles. The average Bonchev–Trinajstić information content (AvgIpc) is 2.83. The Hall–Kier alpha value is -1.82. The number of carbonyl (C=O) groups excluding carboxylic acids is 2. The molecule has 0 spiro atoms. The van der Waals surface area contributed by atoms with Gasteiger partial charge in [0.15, 0.2) is 0 Å². The molecule has 2 rings (SSSR count). The molecule has 1 N–H and O–H groups in total. The number of nitrogens with zero attached hydrogens (tertiary/aromatic N) is 3. The minimum absolute atomic E-state index is 0.0444. The van der Waals surface area contributed by atoms with E-state index in [0.29, 0.717) is 25.3 Å². The summed E-state index contributed by atoms with van der Waals surface area (Å²) in [6, 6.07) is 0. The maximum Gasteiger partial charge on any atom is 0.255 e. The van der Waals surface area contributed by atoms with Gasteiger partial charge in [-0.25, -0.2) is 0 Å². The number of hydrogen-bond donors (Lipinski definition) is 1. The molecule has 0 saturated carbocycles. The fraction of sp³-hybridized carbons (Fsp3) is 0.714. The molecule has 6 heteroatoms. The van der Waals surface area contributed by atoms with E-state index in [1.807, 2.05) is 44.8 Å². The Kier molecular flexibility index (Phi) is 7.48. The number of carbonyl (C=O) groups is 2. The van der Waals surface area contributed by atoms with E-state index in [0.717, 1.165) is 55.0 Å². The number of piperidine rings is 1. The molecular weight excluding hydrogens is 340 g/mol. The van der Waals surface area contributed by atoms with Gasteiger partial charge < -0.3 is 19.7 Å². The Morgan fingerprint density at radius 3 is 2.37 bits per heavy atom. The van der Waals surface area contributed by atoms with E-state index in [9.17, 15) is 9.59 Å². The van der Waals surface area contributed by atoms with Crippen LogP contribution in [0.1, 0.15) is 53.5 Å². The second-order valence-corrected chi connectivity index (χ2v) is 8.21. The fourth-order valence-electron chi connectivity index (χ4n) is 3.73. The summed E-state index contributed by atoms with van der Waals surface area (Å²) in [7, 11) is 5.98. The molecule has 2 amide bonds. The van der Waals surface area contributed by atoms with Gasteiger partial charge in [-0.3, -0.25) is 9.59 Å². The lowest BCUT2D eigenvalue weighted by atomic mass is 9.97. The number of likely N-dealkylation sites (tertiary alicyclic amines) is 1. The molecule has 0 aromatic carbocycles. The summed E-state index contributed by atoms with van der Waals surface area (Å²) in [4.78, 5) is 29.4. The summed E-state index contributed by atoms with van der Waals surface area (Å²) in [6.07, 6.45) is 3.15. The van der Waals surface area contributed by atoms with Crippen molar-refractivity contribution in [3.8, 4) is 0 Å². The predicted molar refractivity (Wildman–Crippen MR) is 109 cm³/mol. The van der Waals surface area contributed by atoms with E-state index in [-0.39, 0.29) is 11.8 Å². The topological polar surface area (TPSA) is 57.6 Å². The zero-order valence-corrected chi connectivity index (χ0v) is 17.9. The molecule has 1 aliphatic rings. The molecule has 0 radical (unpaired) electrons. The zero-order valence-electron chi connectivity index (χ0n) is 17.9. The van der Waals surface area contributed by atoms with Crippen LogP contribution in [0.25, 0.3) is 0 Å². The Labute approximate surface area is 163 Å². The van der Waals surface area contributed by atoms with Crippen LogP contribution in [0.5, 0.6) is 0 Å². The van der Waals surface area contributed by atoms with Crippen LogP contribution >= 0.6 is 0 Å². The largest absolute Gasteiger partial charge is 0.355 e. The van der Waals surface area contributed by atoms with E-state index in [4.69, 9.17) is 0 Å². The first-order chi connectivity index (χ1) is 12.7. The lowest BCUT2D eigenvalue weighted by Crippen LogP contribution is -2.38. The highest BCUT2D eigenvalue weighted by Gasteiger charge is 2.28. The molecule has 0 bridgehead atoms. The van der Waals surface area contributed by atoms with E-state index in [2.05, 4.69) is 16.8 Å². The SMILES string of the molecule is Cc1c(CCC(=O)NCCN(C)C)c(C(=O)N2CCC(C)CC2)c(C)n1C. The van der Waals surface area contributed by atoms with E-state index < -0.39 is 0 Å².